The first-order valence-corrected chi connectivity index (χ1v) is 3.89. The van der Waals surface area contributed by atoms with Crippen molar-refractivity contribution in [3.05, 3.63) is 0 Å². The van der Waals surface area contributed by atoms with Gasteiger partial charge in [-0.05, 0) is 33.6 Å². The molecule has 0 aromatic heterocycles. The Labute approximate surface area is 74.9 Å². The monoisotopic (exact) mass is 179 g/mol. The Bertz CT molecular complexity index is 118. The van der Waals surface area contributed by atoms with Gasteiger partial charge in [0, 0.05) is 12.1 Å². The molecule has 0 aromatic carbocycles. The molecule has 1 heterocycles. The predicted octanol–water partition coefficient (Wildman–Crippen LogP) is 1.71. The van der Waals surface area contributed by atoms with Crippen LogP contribution in [-0.4, -0.2) is 17.7 Å². The van der Waals surface area contributed by atoms with Crippen LogP contribution in [0.2, 0.25) is 0 Å². The maximum atomic E-state index is 6.03. The highest BCUT2D eigenvalue weighted by Gasteiger charge is 2.40. The van der Waals surface area contributed by atoms with E-state index in [0.29, 0.717) is 0 Å². The molecule has 0 amide bonds. The fraction of sp³-hybridized carbons (Fsp3) is 1.00. The largest absolute Gasteiger partial charge is 0.374 e. The van der Waals surface area contributed by atoms with E-state index < -0.39 is 0 Å². The number of hydrogen-bond donors (Lipinski definition) is 1. The maximum Gasteiger partial charge on any atom is 0.0802 e. The van der Waals surface area contributed by atoms with Gasteiger partial charge in [-0.15, -0.1) is 12.4 Å². The first-order valence-electron chi connectivity index (χ1n) is 3.89. The molecule has 1 saturated heterocycles. The molecular weight excluding hydrogens is 162 g/mol. The summed E-state index contributed by atoms with van der Waals surface area (Å²) in [6.07, 6.45) is 2.16. The molecule has 1 aliphatic heterocycles. The van der Waals surface area contributed by atoms with Crippen molar-refractivity contribution in [2.75, 3.05) is 6.61 Å². The van der Waals surface area contributed by atoms with Gasteiger partial charge in [0.05, 0.1) is 5.60 Å². The van der Waals surface area contributed by atoms with E-state index in [-0.39, 0.29) is 23.5 Å². The van der Waals surface area contributed by atoms with Crippen LogP contribution in [0.25, 0.3) is 0 Å². The van der Waals surface area contributed by atoms with Crippen LogP contribution in [0.4, 0.5) is 0 Å². The quantitative estimate of drug-likeness (QED) is 0.615. The fourth-order valence-corrected chi connectivity index (χ4v) is 1.23. The average molecular weight is 180 g/mol. The van der Waals surface area contributed by atoms with E-state index in [1.165, 1.54) is 0 Å². The Morgan fingerprint density at radius 2 is 1.82 bits per heavy atom. The van der Waals surface area contributed by atoms with Gasteiger partial charge >= 0.3 is 0 Å². The van der Waals surface area contributed by atoms with E-state index >= 15 is 0 Å². The molecule has 0 bridgehead atoms. The number of hydrogen-bond acceptors (Lipinski definition) is 2. The number of rotatable bonds is 0. The van der Waals surface area contributed by atoms with E-state index in [9.17, 15) is 0 Å². The van der Waals surface area contributed by atoms with E-state index in [4.69, 9.17) is 10.5 Å². The smallest absolute Gasteiger partial charge is 0.0802 e. The highest BCUT2D eigenvalue weighted by molar-refractivity contribution is 5.85. The summed E-state index contributed by atoms with van der Waals surface area (Å²) >= 11 is 0. The predicted molar refractivity (Wildman–Crippen MR) is 49.1 cm³/mol. The van der Waals surface area contributed by atoms with Crippen molar-refractivity contribution in [2.45, 2.75) is 44.8 Å². The molecule has 1 unspecified atom stereocenters. The van der Waals surface area contributed by atoms with Crippen molar-refractivity contribution in [1.82, 2.24) is 0 Å². The van der Waals surface area contributed by atoms with Crippen LogP contribution in [0.3, 0.4) is 0 Å². The molecule has 0 spiro atoms. The molecule has 0 aliphatic carbocycles. The minimum atomic E-state index is -0.148. The minimum Gasteiger partial charge on any atom is -0.374 e. The molecule has 1 fully saturated rings. The molecular formula is C8H18ClNO. The summed E-state index contributed by atoms with van der Waals surface area (Å²) < 4.78 is 5.56. The number of halogens is 1. The highest BCUT2D eigenvalue weighted by Crippen LogP contribution is 2.31. The Morgan fingerprint density at radius 3 is 2.09 bits per heavy atom. The van der Waals surface area contributed by atoms with Crippen LogP contribution in [0.5, 0.6) is 0 Å². The van der Waals surface area contributed by atoms with Gasteiger partial charge in [-0.3, -0.25) is 0 Å². The van der Waals surface area contributed by atoms with E-state index in [2.05, 4.69) is 20.8 Å². The second kappa shape index (κ2) is 3.30. The molecule has 0 saturated carbocycles. The molecule has 0 radical (unpaired) electrons. The van der Waals surface area contributed by atoms with Gasteiger partial charge in [-0.25, -0.2) is 0 Å². The van der Waals surface area contributed by atoms with Gasteiger partial charge in [-0.2, -0.15) is 0 Å². The van der Waals surface area contributed by atoms with Crippen LogP contribution < -0.4 is 5.73 Å². The summed E-state index contributed by atoms with van der Waals surface area (Å²) in [6, 6.07) is 0. The van der Waals surface area contributed by atoms with Crippen LogP contribution in [-0.2, 0) is 4.74 Å². The fourth-order valence-electron chi connectivity index (χ4n) is 1.23. The van der Waals surface area contributed by atoms with Crippen LogP contribution in [0.15, 0.2) is 0 Å². The molecule has 1 rings (SSSR count). The normalized spacial score (nSPS) is 36.0. The zero-order chi connectivity index (χ0) is 7.83. The first kappa shape index (κ1) is 11.2. The Morgan fingerprint density at radius 1 is 1.27 bits per heavy atom. The lowest BCUT2D eigenvalue weighted by atomic mass is 9.79. The Hall–Kier alpha value is 0.210. The van der Waals surface area contributed by atoms with Crippen molar-refractivity contribution >= 4 is 12.4 Å². The molecule has 0 aromatic rings. The third-order valence-electron chi connectivity index (χ3n) is 2.68. The van der Waals surface area contributed by atoms with Crippen molar-refractivity contribution in [1.29, 1.82) is 0 Å². The molecule has 2 nitrogen and oxygen atoms in total. The van der Waals surface area contributed by atoms with Gasteiger partial charge in [0.25, 0.3) is 0 Å². The summed E-state index contributed by atoms with van der Waals surface area (Å²) in [5.41, 5.74) is 5.74. The summed E-state index contributed by atoms with van der Waals surface area (Å²) in [7, 11) is 0. The number of nitrogens with two attached hydrogens (primary N) is 1. The molecule has 68 valence electrons. The van der Waals surface area contributed by atoms with Gasteiger partial charge in [0.1, 0.15) is 0 Å². The lowest BCUT2D eigenvalue weighted by Crippen LogP contribution is -2.59. The standard InChI is InChI=1S/C8H17NO.ClH/c1-7(2)8(3,9)5-4-6-10-7;/h4-6,9H2,1-3H3;1H. The van der Waals surface area contributed by atoms with Crippen LogP contribution >= 0.6 is 12.4 Å². The van der Waals surface area contributed by atoms with Crippen molar-refractivity contribution < 1.29 is 4.74 Å². The molecule has 1 aliphatic rings. The Kier molecular flexibility index (Phi) is 3.36. The molecule has 2 N–H and O–H groups in total. The zero-order valence-electron chi connectivity index (χ0n) is 7.52. The van der Waals surface area contributed by atoms with E-state index in [0.717, 1.165) is 19.4 Å². The maximum absolute atomic E-state index is 6.03. The van der Waals surface area contributed by atoms with Crippen molar-refractivity contribution in [3.63, 3.8) is 0 Å². The second-order valence-electron chi connectivity index (χ2n) is 3.88. The van der Waals surface area contributed by atoms with Crippen LogP contribution in [0, 0.1) is 0 Å². The van der Waals surface area contributed by atoms with E-state index in [1.807, 2.05) is 0 Å². The van der Waals surface area contributed by atoms with Crippen LogP contribution in [0.1, 0.15) is 33.6 Å². The topological polar surface area (TPSA) is 35.2 Å². The third kappa shape index (κ3) is 2.08. The summed E-state index contributed by atoms with van der Waals surface area (Å²) in [6.45, 7) is 7.05. The zero-order valence-corrected chi connectivity index (χ0v) is 8.33. The van der Waals surface area contributed by atoms with E-state index in [1.54, 1.807) is 0 Å². The summed E-state index contributed by atoms with van der Waals surface area (Å²) in [4.78, 5) is 0. The van der Waals surface area contributed by atoms with Crippen molar-refractivity contribution in [2.24, 2.45) is 5.73 Å². The Balaban J connectivity index is 0.000001000. The summed E-state index contributed by atoms with van der Waals surface area (Å²) in [5.74, 6) is 0. The third-order valence-corrected chi connectivity index (χ3v) is 2.68. The van der Waals surface area contributed by atoms with Gasteiger partial charge in [0.2, 0.25) is 0 Å². The molecule has 1 atom stereocenters. The molecule has 3 heteroatoms. The first-order chi connectivity index (χ1) is 4.46. The lowest BCUT2D eigenvalue weighted by Gasteiger charge is -2.44. The highest BCUT2D eigenvalue weighted by atomic mass is 35.5. The molecule has 11 heavy (non-hydrogen) atoms. The van der Waals surface area contributed by atoms with Crippen molar-refractivity contribution in [3.8, 4) is 0 Å². The van der Waals surface area contributed by atoms with Gasteiger partial charge < -0.3 is 10.5 Å². The number of ether oxygens (including phenoxy) is 1. The second-order valence-corrected chi connectivity index (χ2v) is 3.88. The average Bonchev–Trinajstić information content (AvgIpc) is 1.77. The van der Waals surface area contributed by atoms with Gasteiger partial charge in [-0.1, -0.05) is 0 Å². The minimum absolute atomic E-state index is 0. The summed E-state index contributed by atoms with van der Waals surface area (Å²) in [5, 5.41) is 0. The lowest BCUT2D eigenvalue weighted by molar-refractivity contribution is -0.101. The van der Waals surface area contributed by atoms with Gasteiger partial charge in [0.15, 0.2) is 0 Å². The SMILES string of the molecule is CC1(N)CCCOC1(C)C.Cl.